The Bertz CT molecular complexity index is 1570. The average molecular weight is 576 g/mol. The molecule has 2 aliphatic rings. The summed E-state index contributed by atoms with van der Waals surface area (Å²) < 4.78 is 26.3. The highest BCUT2D eigenvalue weighted by molar-refractivity contribution is 7.22. The maximum Gasteiger partial charge on any atom is 0.344 e. The van der Waals surface area contributed by atoms with Gasteiger partial charge in [-0.05, 0) is 44.0 Å². The highest BCUT2D eigenvalue weighted by Gasteiger charge is 2.44. The van der Waals surface area contributed by atoms with Crippen molar-refractivity contribution in [2.24, 2.45) is 0 Å². The second-order valence-electron chi connectivity index (χ2n) is 9.46. The van der Waals surface area contributed by atoms with E-state index in [1.165, 1.54) is 17.4 Å². The highest BCUT2D eigenvalue weighted by atomic mass is 35.5. The van der Waals surface area contributed by atoms with Gasteiger partial charge in [-0.1, -0.05) is 45.8 Å². The molecule has 0 aliphatic carbocycles. The van der Waals surface area contributed by atoms with Gasteiger partial charge in [-0.2, -0.15) is 0 Å². The van der Waals surface area contributed by atoms with E-state index < -0.39 is 17.8 Å². The fourth-order valence-electron chi connectivity index (χ4n) is 5.46. The van der Waals surface area contributed by atoms with Gasteiger partial charge in [-0.3, -0.25) is 0 Å². The first-order valence-electron chi connectivity index (χ1n) is 11.9. The average Bonchev–Trinajstić information content (AvgIpc) is 3.52. The van der Waals surface area contributed by atoms with Gasteiger partial charge in [-0.25, -0.2) is 19.0 Å². The second kappa shape index (κ2) is 9.52. The van der Waals surface area contributed by atoms with Gasteiger partial charge in [0.15, 0.2) is 10.9 Å². The molecule has 0 amide bonds. The third-order valence-corrected chi connectivity index (χ3v) is 8.78. The zero-order valence-corrected chi connectivity index (χ0v) is 22.2. The molecule has 0 saturated carbocycles. The van der Waals surface area contributed by atoms with Crippen LogP contribution in [0.2, 0.25) is 10.0 Å². The number of halogens is 3. The predicted octanol–water partition coefficient (Wildman–Crippen LogP) is 6.76. The predicted molar refractivity (Wildman–Crippen MR) is 141 cm³/mol. The molecule has 2 bridgehead atoms. The number of aromatic carboxylic acids is 1. The number of carboxylic acid groups (broad SMARTS) is 1. The number of ether oxygens (including phenoxy) is 1. The highest BCUT2D eigenvalue weighted by Crippen LogP contribution is 2.44. The molecule has 8 nitrogen and oxygen atoms in total. The monoisotopic (exact) mass is 575 g/mol. The van der Waals surface area contributed by atoms with Gasteiger partial charge < -0.3 is 19.3 Å². The van der Waals surface area contributed by atoms with Crippen molar-refractivity contribution in [3.63, 3.8) is 0 Å². The van der Waals surface area contributed by atoms with Crippen LogP contribution in [0.1, 0.15) is 52.2 Å². The van der Waals surface area contributed by atoms with Gasteiger partial charge >= 0.3 is 11.9 Å². The number of piperidine rings is 1. The molecule has 2 saturated heterocycles. The van der Waals surface area contributed by atoms with E-state index in [0.29, 0.717) is 44.0 Å². The largest absolute Gasteiger partial charge is 0.478 e. The first-order chi connectivity index (χ1) is 18.2. The number of anilines is 1. The van der Waals surface area contributed by atoms with Crippen LogP contribution in [0, 0.1) is 12.7 Å². The third-order valence-electron chi connectivity index (χ3n) is 7.13. The fraction of sp³-hybridized carbons (Fsp3) is 0.308. The first-order valence-corrected chi connectivity index (χ1v) is 13.5. The quantitative estimate of drug-likeness (QED) is 0.260. The number of carbonyl (C=O) groups is 2. The number of carboxylic acids is 1. The van der Waals surface area contributed by atoms with Crippen molar-refractivity contribution in [1.82, 2.24) is 10.1 Å². The number of aromatic nitrogens is 2. The van der Waals surface area contributed by atoms with Crippen molar-refractivity contribution in [2.75, 3.05) is 4.90 Å². The van der Waals surface area contributed by atoms with Crippen LogP contribution in [0.4, 0.5) is 9.52 Å². The van der Waals surface area contributed by atoms with Gasteiger partial charge in [0, 0.05) is 30.5 Å². The maximum absolute atomic E-state index is 14.6. The molecule has 0 spiro atoms. The normalized spacial score (nSPS) is 20.7. The number of aryl methyl sites for hydroxylation is 1. The Morgan fingerprint density at radius 2 is 1.87 bits per heavy atom. The van der Waals surface area contributed by atoms with Gasteiger partial charge in [0.1, 0.15) is 28.6 Å². The molecule has 2 fully saturated rings. The van der Waals surface area contributed by atoms with Gasteiger partial charge in [0.05, 0.1) is 20.3 Å². The van der Waals surface area contributed by atoms with Crippen LogP contribution in [0.3, 0.4) is 0 Å². The van der Waals surface area contributed by atoms with Crippen molar-refractivity contribution in [1.29, 1.82) is 0 Å². The van der Waals surface area contributed by atoms with Crippen LogP contribution in [0.15, 0.2) is 34.9 Å². The standard InChI is InChI=1S/C26H20Cl2FN3O5S/c1-11-20(23(31-37-11)21-16(27)3-2-4-17(21)28)25(35)36-15-9-13-5-6-14(10-15)32(13)26-30-22-18(29)7-12(24(33)34)8-19(22)38-26/h2-4,7-8,13-15H,5-6,9-10H2,1H3,(H,33,34)/t13-,14-/m0/s1. The minimum absolute atomic E-state index is 0.0511. The molecular formula is C26H20Cl2FN3O5S. The molecule has 4 heterocycles. The second-order valence-corrected chi connectivity index (χ2v) is 11.3. The van der Waals surface area contributed by atoms with Gasteiger partial charge in [0.25, 0.3) is 0 Å². The lowest BCUT2D eigenvalue weighted by atomic mass is 10.00. The van der Waals surface area contributed by atoms with Gasteiger partial charge in [-0.15, -0.1) is 0 Å². The Morgan fingerprint density at radius 1 is 1.18 bits per heavy atom. The number of fused-ring (bicyclic) bond motifs is 3. The maximum atomic E-state index is 14.6. The number of esters is 1. The summed E-state index contributed by atoms with van der Waals surface area (Å²) in [5.41, 5.74) is 0.881. The molecule has 0 radical (unpaired) electrons. The zero-order chi connectivity index (χ0) is 26.7. The van der Waals surface area contributed by atoms with E-state index in [4.69, 9.17) is 32.5 Å². The first kappa shape index (κ1) is 25.1. The summed E-state index contributed by atoms with van der Waals surface area (Å²) in [5, 5.41) is 14.6. The molecule has 12 heteroatoms. The fourth-order valence-corrected chi connectivity index (χ4v) is 7.20. The molecule has 38 heavy (non-hydrogen) atoms. The minimum Gasteiger partial charge on any atom is -0.478 e. The lowest BCUT2D eigenvalue weighted by molar-refractivity contribution is 0.0203. The summed E-state index contributed by atoms with van der Waals surface area (Å²) in [6.07, 6.45) is 2.57. The lowest BCUT2D eigenvalue weighted by Crippen LogP contribution is -2.46. The Labute approximate surface area is 229 Å². The molecule has 196 valence electrons. The minimum atomic E-state index is -1.19. The molecule has 0 unspecified atom stereocenters. The zero-order valence-electron chi connectivity index (χ0n) is 19.9. The summed E-state index contributed by atoms with van der Waals surface area (Å²) >= 11 is 14.0. The van der Waals surface area contributed by atoms with E-state index in [2.05, 4.69) is 15.0 Å². The number of benzene rings is 2. The van der Waals surface area contributed by atoms with Crippen molar-refractivity contribution in [3.8, 4) is 11.3 Å². The molecule has 2 aliphatic heterocycles. The molecule has 4 aromatic rings. The number of nitrogens with zero attached hydrogens (tertiary/aromatic N) is 3. The summed E-state index contributed by atoms with van der Waals surface area (Å²) in [4.78, 5) is 31.3. The van der Waals surface area contributed by atoms with Crippen LogP contribution in [-0.2, 0) is 4.74 Å². The Balaban J connectivity index is 1.23. The molecule has 2 aromatic carbocycles. The van der Waals surface area contributed by atoms with E-state index in [1.54, 1.807) is 25.1 Å². The lowest BCUT2D eigenvalue weighted by Gasteiger charge is -2.38. The Kier molecular flexibility index (Phi) is 6.28. The van der Waals surface area contributed by atoms with Crippen LogP contribution in [-0.4, -0.2) is 45.4 Å². The molecular weight excluding hydrogens is 556 g/mol. The Morgan fingerprint density at radius 3 is 2.53 bits per heavy atom. The summed E-state index contributed by atoms with van der Waals surface area (Å²) in [7, 11) is 0. The van der Waals surface area contributed by atoms with Crippen LogP contribution in [0.25, 0.3) is 21.5 Å². The molecule has 2 aromatic heterocycles. The van der Waals surface area contributed by atoms with E-state index in [0.717, 1.165) is 18.9 Å². The number of carbonyl (C=O) groups excluding carboxylic acids is 1. The number of thiazole rings is 1. The summed E-state index contributed by atoms with van der Waals surface area (Å²) in [6.45, 7) is 1.63. The van der Waals surface area contributed by atoms with Crippen molar-refractivity contribution < 1.29 is 28.3 Å². The van der Waals surface area contributed by atoms with E-state index >= 15 is 0 Å². The number of rotatable bonds is 5. The molecule has 1 N–H and O–H groups in total. The van der Waals surface area contributed by atoms with Crippen LogP contribution < -0.4 is 4.90 Å². The SMILES string of the molecule is Cc1onc(-c2c(Cl)cccc2Cl)c1C(=O)OC1C[C@@H]2CC[C@@H](C1)N2c1nc2c(F)cc(C(=O)O)cc2s1. The van der Waals surface area contributed by atoms with Crippen LogP contribution in [0.5, 0.6) is 0 Å². The smallest absolute Gasteiger partial charge is 0.344 e. The van der Waals surface area contributed by atoms with E-state index in [1.807, 2.05) is 0 Å². The van der Waals surface area contributed by atoms with Crippen molar-refractivity contribution in [2.45, 2.75) is 50.8 Å². The number of hydrogen-bond acceptors (Lipinski definition) is 8. The van der Waals surface area contributed by atoms with E-state index in [-0.39, 0.29) is 40.5 Å². The topological polar surface area (TPSA) is 106 Å². The number of hydrogen-bond donors (Lipinski definition) is 1. The summed E-state index contributed by atoms with van der Waals surface area (Å²) in [5.74, 6) is -2.10. The molecule has 2 atom stereocenters. The Hall–Kier alpha value is -3.21. The van der Waals surface area contributed by atoms with Crippen LogP contribution >= 0.6 is 34.5 Å². The summed E-state index contributed by atoms with van der Waals surface area (Å²) in [6, 6.07) is 7.56. The van der Waals surface area contributed by atoms with E-state index in [9.17, 15) is 19.1 Å². The van der Waals surface area contributed by atoms with Crippen molar-refractivity contribution in [3.05, 3.63) is 63.1 Å². The van der Waals surface area contributed by atoms with Crippen molar-refractivity contribution >= 4 is 61.8 Å². The third kappa shape index (κ3) is 4.20. The molecule has 6 rings (SSSR count). The van der Waals surface area contributed by atoms with Gasteiger partial charge in [0.2, 0.25) is 0 Å².